The largest absolute Gasteiger partial charge is 0.481 e. The zero-order chi connectivity index (χ0) is 21.0. The van der Waals surface area contributed by atoms with Gasteiger partial charge in [-0.25, -0.2) is 4.79 Å². The fourth-order valence-electron chi connectivity index (χ4n) is 3.38. The van der Waals surface area contributed by atoms with Crippen molar-refractivity contribution in [3.05, 3.63) is 34.9 Å². The summed E-state index contributed by atoms with van der Waals surface area (Å²) in [4.78, 5) is 22.9. The maximum atomic E-state index is 11.9. The smallest absolute Gasteiger partial charge is 0.343 e. The zero-order valence-corrected chi connectivity index (χ0v) is 16.6. The minimum absolute atomic E-state index is 0.0863. The molecule has 2 fully saturated rings. The lowest BCUT2D eigenvalue weighted by molar-refractivity contribution is -0.134. The first kappa shape index (κ1) is 21.1. The van der Waals surface area contributed by atoms with Gasteiger partial charge in [0.15, 0.2) is 17.1 Å². The van der Waals surface area contributed by atoms with Gasteiger partial charge in [-0.05, 0) is 24.3 Å². The molecule has 0 unspecified atom stereocenters. The van der Waals surface area contributed by atoms with Crippen LogP contribution >= 0.6 is 11.6 Å². The number of aromatic carboxylic acids is 1. The highest BCUT2D eigenvalue weighted by Gasteiger charge is 2.33. The van der Waals surface area contributed by atoms with Crippen molar-refractivity contribution in [3.8, 4) is 11.3 Å². The van der Waals surface area contributed by atoms with Crippen molar-refractivity contribution < 1.29 is 29.1 Å². The van der Waals surface area contributed by atoms with E-state index in [2.05, 4.69) is 10.5 Å². The Balaban J connectivity index is 0.000000552. The molecule has 3 N–H and O–H groups in total. The Labute approximate surface area is 172 Å². The van der Waals surface area contributed by atoms with Crippen LogP contribution in [-0.4, -0.2) is 66.2 Å². The monoisotopic (exact) mass is 423 g/mol. The second-order valence-electron chi connectivity index (χ2n) is 6.96. The molecule has 2 atom stereocenters. The minimum Gasteiger partial charge on any atom is -0.481 e. The van der Waals surface area contributed by atoms with Gasteiger partial charge in [-0.15, -0.1) is 0 Å². The lowest BCUT2D eigenvalue weighted by Crippen LogP contribution is -2.42. The number of hydrogen-bond acceptors (Lipinski definition) is 7. The second-order valence-corrected chi connectivity index (χ2v) is 7.39. The Morgan fingerprint density at radius 2 is 1.90 bits per heavy atom. The number of halogens is 1. The minimum atomic E-state index is -1.06. The molecule has 4 rings (SSSR count). The van der Waals surface area contributed by atoms with Crippen LogP contribution in [0.5, 0.6) is 0 Å². The number of carboxylic acid groups (broad SMARTS) is 2. The van der Waals surface area contributed by atoms with Gasteiger partial charge in [0, 0.05) is 49.1 Å². The fraction of sp³-hybridized carbons (Fsp3) is 0.421. The first-order valence-electron chi connectivity index (χ1n) is 9.09. The molecule has 0 aliphatic carbocycles. The number of ether oxygens (including phenoxy) is 1. The van der Waals surface area contributed by atoms with E-state index in [0.717, 1.165) is 13.5 Å². The maximum absolute atomic E-state index is 11.9. The molecule has 156 valence electrons. The number of anilines is 1. The molecule has 0 saturated carbocycles. The molecule has 1 aromatic carbocycles. The van der Waals surface area contributed by atoms with Crippen molar-refractivity contribution in [1.29, 1.82) is 0 Å². The molecule has 2 aromatic rings. The predicted octanol–water partition coefficient (Wildman–Crippen LogP) is 2.21. The van der Waals surface area contributed by atoms with Crippen LogP contribution in [0.25, 0.3) is 11.3 Å². The summed E-state index contributed by atoms with van der Waals surface area (Å²) in [5, 5.41) is 25.3. The molecule has 0 spiro atoms. The molecule has 2 aliphatic rings. The van der Waals surface area contributed by atoms with Crippen LogP contribution in [0.4, 0.5) is 5.82 Å². The summed E-state index contributed by atoms with van der Waals surface area (Å²) in [7, 11) is 0. The van der Waals surface area contributed by atoms with Gasteiger partial charge in [0.2, 0.25) is 0 Å². The number of nitrogens with zero attached hydrogens (tertiary/aromatic N) is 2. The van der Waals surface area contributed by atoms with Crippen LogP contribution in [0, 0.1) is 5.92 Å². The number of aromatic nitrogens is 1. The van der Waals surface area contributed by atoms with Crippen molar-refractivity contribution in [2.45, 2.75) is 13.0 Å². The predicted molar refractivity (Wildman–Crippen MR) is 106 cm³/mol. The molecule has 3 heterocycles. The van der Waals surface area contributed by atoms with Crippen LogP contribution in [0.2, 0.25) is 5.02 Å². The van der Waals surface area contributed by atoms with E-state index in [4.69, 9.17) is 30.8 Å². The quantitative estimate of drug-likeness (QED) is 0.681. The number of nitrogens with one attached hydrogen (secondary N) is 1. The number of carbonyl (C=O) groups is 2. The first-order chi connectivity index (χ1) is 13.8. The van der Waals surface area contributed by atoms with E-state index in [0.29, 0.717) is 42.7 Å². The van der Waals surface area contributed by atoms with Gasteiger partial charge in [0.25, 0.3) is 5.97 Å². The molecule has 29 heavy (non-hydrogen) atoms. The first-order valence-corrected chi connectivity index (χ1v) is 9.47. The number of benzene rings is 1. The Kier molecular flexibility index (Phi) is 6.73. The molecule has 9 nitrogen and oxygen atoms in total. The summed E-state index contributed by atoms with van der Waals surface area (Å²) in [5.74, 6) is -0.986. The van der Waals surface area contributed by atoms with E-state index in [-0.39, 0.29) is 23.3 Å². The number of hydrogen-bond donors (Lipinski definition) is 3. The highest BCUT2D eigenvalue weighted by molar-refractivity contribution is 6.30. The summed E-state index contributed by atoms with van der Waals surface area (Å²) in [6.07, 6.45) is 0. The van der Waals surface area contributed by atoms with E-state index >= 15 is 0 Å². The molecule has 2 aliphatic heterocycles. The Hall–Kier alpha value is -2.62. The van der Waals surface area contributed by atoms with Crippen molar-refractivity contribution >= 4 is 29.4 Å². The van der Waals surface area contributed by atoms with Gasteiger partial charge in [0.05, 0.1) is 13.2 Å². The average molecular weight is 424 g/mol. The highest BCUT2D eigenvalue weighted by atomic mass is 35.5. The van der Waals surface area contributed by atoms with Crippen LogP contribution in [0.15, 0.2) is 28.8 Å². The van der Waals surface area contributed by atoms with Crippen LogP contribution < -0.4 is 10.2 Å². The van der Waals surface area contributed by atoms with Gasteiger partial charge >= 0.3 is 5.97 Å². The number of rotatable bonds is 3. The number of fused-ring (bicyclic) bond motifs is 3. The van der Waals surface area contributed by atoms with Gasteiger partial charge in [0.1, 0.15) is 0 Å². The number of aliphatic carboxylic acids is 1. The molecule has 0 amide bonds. The van der Waals surface area contributed by atoms with E-state index in [1.807, 2.05) is 4.90 Å². The van der Waals surface area contributed by atoms with Crippen molar-refractivity contribution in [1.82, 2.24) is 10.5 Å². The Morgan fingerprint density at radius 1 is 1.21 bits per heavy atom. The van der Waals surface area contributed by atoms with Gasteiger partial charge in [-0.1, -0.05) is 16.8 Å². The van der Waals surface area contributed by atoms with Gasteiger partial charge in [-0.2, -0.15) is 0 Å². The van der Waals surface area contributed by atoms with Gasteiger partial charge in [-0.3, -0.25) is 4.79 Å². The van der Waals surface area contributed by atoms with Crippen molar-refractivity contribution in [3.63, 3.8) is 0 Å². The summed E-state index contributed by atoms with van der Waals surface area (Å²) in [6.45, 7) is 4.51. The van der Waals surface area contributed by atoms with E-state index < -0.39 is 11.9 Å². The molecular formula is C19H22ClN3O6. The summed E-state index contributed by atoms with van der Waals surface area (Å²) >= 11 is 5.91. The van der Waals surface area contributed by atoms with E-state index in [1.165, 1.54) is 0 Å². The molecule has 0 radical (unpaired) electrons. The topological polar surface area (TPSA) is 125 Å². The lowest BCUT2D eigenvalue weighted by atomic mass is 10.1. The third-order valence-corrected chi connectivity index (χ3v) is 4.83. The molecule has 10 heteroatoms. The fourth-order valence-corrected chi connectivity index (χ4v) is 3.50. The SMILES string of the molecule is CC(=O)O.O=C(O)c1c(N2C[C@H]3CN[C@H](COC3)C2)noc1-c1ccc(Cl)cc1. The summed E-state index contributed by atoms with van der Waals surface area (Å²) in [5.41, 5.74) is 0.722. The average Bonchev–Trinajstić information content (AvgIpc) is 2.82. The van der Waals surface area contributed by atoms with Crippen molar-refractivity contribution in [2.24, 2.45) is 5.92 Å². The number of carboxylic acids is 2. The molecule has 1 aromatic heterocycles. The standard InChI is InChI=1S/C17H18ClN3O4.C2H4O2/c18-12-3-1-11(2-4-12)15-14(17(22)23)16(20-25-15)21-6-10-5-19-13(7-21)9-24-8-10;1-2(3)4/h1-4,10,13,19H,5-9H2,(H,22,23);1H3,(H,3,4)/t10-,13+;/m1./s1. The Bertz CT molecular complexity index is 851. The molecule has 2 saturated heterocycles. The molecule has 2 bridgehead atoms. The Morgan fingerprint density at radius 3 is 2.55 bits per heavy atom. The van der Waals surface area contributed by atoms with Crippen LogP contribution in [0.1, 0.15) is 17.3 Å². The lowest BCUT2D eigenvalue weighted by Gasteiger charge is -2.28. The highest BCUT2D eigenvalue weighted by Crippen LogP contribution is 2.33. The van der Waals surface area contributed by atoms with Crippen molar-refractivity contribution in [2.75, 3.05) is 37.7 Å². The summed E-state index contributed by atoms with van der Waals surface area (Å²) in [6, 6.07) is 6.99. The van der Waals surface area contributed by atoms with E-state index in [1.54, 1.807) is 24.3 Å². The van der Waals surface area contributed by atoms with Gasteiger partial charge < -0.3 is 29.7 Å². The zero-order valence-electron chi connectivity index (χ0n) is 15.8. The van der Waals surface area contributed by atoms with Crippen LogP contribution in [0.3, 0.4) is 0 Å². The maximum Gasteiger partial charge on any atom is 0.343 e. The normalized spacial score (nSPS) is 21.0. The second kappa shape index (κ2) is 9.25. The summed E-state index contributed by atoms with van der Waals surface area (Å²) < 4.78 is 11.1. The van der Waals surface area contributed by atoms with Crippen LogP contribution in [-0.2, 0) is 9.53 Å². The third-order valence-electron chi connectivity index (χ3n) is 4.58. The third kappa shape index (κ3) is 5.26. The van der Waals surface area contributed by atoms with E-state index in [9.17, 15) is 9.90 Å². The molecular weight excluding hydrogens is 402 g/mol.